The number of para-hydroxylation sites is 1. The van der Waals surface area contributed by atoms with Crippen LogP contribution in [0.25, 0.3) is 11.0 Å². The molecular weight excluding hydrogens is 232 g/mol. The Morgan fingerprint density at radius 2 is 2.17 bits per heavy atom. The summed E-state index contributed by atoms with van der Waals surface area (Å²) in [5, 5.41) is 0. The smallest absolute Gasteiger partial charge is 0.340 e. The molecule has 0 amide bonds. The number of carbonyl (C=O) groups is 1. The van der Waals surface area contributed by atoms with Gasteiger partial charge in [-0.15, -0.1) is 0 Å². The standard InChI is InChI=1S/C13H16N2O3/c1-4-18-12(16)9-6-5-7-10-11(9)14-13(17)15(10)8(2)3/h5-8H,4H2,1-3H3,(H,14,17). The number of nitrogens with one attached hydrogen (secondary N) is 1. The van der Waals surface area contributed by atoms with E-state index in [-0.39, 0.29) is 11.7 Å². The van der Waals surface area contributed by atoms with Crippen molar-refractivity contribution in [2.75, 3.05) is 6.61 Å². The highest BCUT2D eigenvalue weighted by Gasteiger charge is 2.16. The first-order chi connectivity index (χ1) is 8.56. The van der Waals surface area contributed by atoms with Crippen LogP contribution < -0.4 is 5.69 Å². The first-order valence-electron chi connectivity index (χ1n) is 5.96. The zero-order valence-electron chi connectivity index (χ0n) is 10.7. The monoisotopic (exact) mass is 248 g/mol. The lowest BCUT2D eigenvalue weighted by Crippen LogP contribution is -2.18. The Labute approximate surface area is 104 Å². The van der Waals surface area contributed by atoms with E-state index in [1.165, 1.54) is 0 Å². The van der Waals surface area contributed by atoms with Gasteiger partial charge in [0.25, 0.3) is 0 Å². The molecule has 0 spiro atoms. The van der Waals surface area contributed by atoms with E-state index in [0.29, 0.717) is 17.7 Å². The molecule has 0 atom stereocenters. The number of carbonyl (C=O) groups excluding carboxylic acids is 1. The average molecular weight is 248 g/mol. The van der Waals surface area contributed by atoms with Gasteiger partial charge in [0.1, 0.15) is 0 Å². The molecule has 0 unspecified atom stereocenters. The summed E-state index contributed by atoms with van der Waals surface area (Å²) in [6.45, 7) is 5.90. The Balaban J connectivity index is 2.68. The van der Waals surface area contributed by atoms with Crippen molar-refractivity contribution >= 4 is 17.0 Å². The number of rotatable bonds is 3. The largest absolute Gasteiger partial charge is 0.462 e. The van der Waals surface area contributed by atoms with Crippen LogP contribution in [0.15, 0.2) is 23.0 Å². The summed E-state index contributed by atoms with van der Waals surface area (Å²) in [6.07, 6.45) is 0. The molecule has 96 valence electrons. The van der Waals surface area contributed by atoms with Crippen LogP contribution >= 0.6 is 0 Å². The molecule has 0 aliphatic carbocycles. The predicted molar refractivity (Wildman–Crippen MR) is 68.9 cm³/mol. The molecule has 0 aliphatic rings. The molecule has 0 fully saturated rings. The lowest BCUT2D eigenvalue weighted by Gasteiger charge is -2.07. The second-order valence-electron chi connectivity index (χ2n) is 4.31. The minimum absolute atomic E-state index is 0.0312. The van der Waals surface area contributed by atoms with Crippen LogP contribution in [0.1, 0.15) is 37.2 Å². The molecule has 2 rings (SSSR count). The van der Waals surface area contributed by atoms with Crippen LogP contribution in [-0.2, 0) is 4.74 Å². The van der Waals surface area contributed by atoms with Crippen LogP contribution in [0, 0.1) is 0 Å². The summed E-state index contributed by atoms with van der Waals surface area (Å²) in [7, 11) is 0. The average Bonchev–Trinajstić information content (AvgIpc) is 2.64. The van der Waals surface area contributed by atoms with Gasteiger partial charge in [0.2, 0.25) is 0 Å². The van der Waals surface area contributed by atoms with Gasteiger partial charge in [-0.2, -0.15) is 0 Å². The summed E-state index contributed by atoms with van der Waals surface area (Å²) in [5.41, 5.74) is 1.44. The second kappa shape index (κ2) is 4.68. The van der Waals surface area contributed by atoms with Crippen LogP contribution in [0.4, 0.5) is 0 Å². The number of aromatic amines is 1. The number of fused-ring (bicyclic) bond motifs is 1. The van der Waals surface area contributed by atoms with Crippen LogP contribution in [0.3, 0.4) is 0 Å². The van der Waals surface area contributed by atoms with Crippen LogP contribution in [0.2, 0.25) is 0 Å². The Morgan fingerprint density at radius 3 is 2.78 bits per heavy atom. The molecule has 1 aromatic heterocycles. The Kier molecular flexibility index (Phi) is 3.23. The molecule has 0 saturated carbocycles. The number of H-pyrrole nitrogens is 1. The Bertz CT molecular complexity index is 637. The van der Waals surface area contributed by atoms with Gasteiger partial charge in [0.05, 0.1) is 23.2 Å². The van der Waals surface area contributed by atoms with Gasteiger partial charge in [0.15, 0.2) is 0 Å². The molecule has 18 heavy (non-hydrogen) atoms. The van der Waals surface area contributed by atoms with Gasteiger partial charge in [-0.05, 0) is 32.9 Å². The zero-order valence-corrected chi connectivity index (χ0v) is 10.7. The normalized spacial score (nSPS) is 11.1. The molecular formula is C13H16N2O3. The van der Waals surface area contributed by atoms with E-state index in [4.69, 9.17) is 4.74 Å². The van der Waals surface area contributed by atoms with Crippen molar-refractivity contribution in [3.05, 3.63) is 34.2 Å². The van der Waals surface area contributed by atoms with Gasteiger partial charge < -0.3 is 9.72 Å². The Hall–Kier alpha value is -2.04. The molecule has 0 aliphatic heterocycles. The van der Waals surface area contributed by atoms with E-state index in [1.54, 1.807) is 23.6 Å². The first kappa shape index (κ1) is 12.4. The van der Waals surface area contributed by atoms with Crippen molar-refractivity contribution in [3.63, 3.8) is 0 Å². The molecule has 1 aromatic carbocycles. The van der Waals surface area contributed by atoms with Gasteiger partial charge in [-0.25, -0.2) is 9.59 Å². The van der Waals surface area contributed by atoms with E-state index < -0.39 is 5.97 Å². The van der Waals surface area contributed by atoms with E-state index >= 15 is 0 Å². The number of imidazole rings is 1. The van der Waals surface area contributed by atoms with Gasteiger partial charge >= 0.3 is 11.7 Å². The third-order valence-corrected chi connectivity index (χ3v) is 2.76. The number of ether oxygens (including phenoxy) is 1. The molecule has 5 heteroatoms. The summed E-state index contributed by atoms with van der Waals surface area (Å²) in [5.74, 6) is -0.416. The quantitative estimate of drug-likeness (QED) is 0.846. The minimum atomic E-state index is -0.416. The fraction of sp³-hybridized carbons (Fsp3) is 0.385. The van der Waals surface area contributed by atoms with Crippen molar-refractivity contribution < 1.29 is 9.53 Å². The molecule has 5 nitrogen and oxygen atoms in total. The van der Waals surface area contributed by atoms with Crippen molar-refractivity contribution in [1.29, 1.82) is 0 Å². The van der Waals surface area contributed by atoms with Crippen molar-refractivity contribution in [2.45, 2.75) is 26.8 Å². The van der Waals surface area contributed by atoms with Crippen LogP contribution in [-0.4, -0.2) is 22.1 Å². The maximum atomic E-state index is 11.9. The summed E-state index contributed by atoms with van der Waals surface area (Å²) < 4.78 is 6.60. The fourth-order valence-corrected chi connectivity index (χ4v) is 2.04. The van der Waals surface area contributed by atoms with Crippen LogP contribution in [0.5, 0.6) is 0 Å². The SMILES string of the molecule is CCOC(=O)c1cccc2c1[nH]c(=O)n2C(C)C. The van der Waals surface area contributed by atoms with Crippen molar-refractivity contribution in [2.24, 2.45) is 0 Å². The number of nitrogens with zero attached hydrogens (tertiary/aromatic N) is 1. The van der Waals surface area contributed by atoms with Gasteiger partial charge in [-0.1, -0.05) is 6.07 Å². The number of benzene rings is 1. The molecule has 0 bridgehead atoms. The highest BCUT2D eigenvalue weighted by atomic mass is 16.5. The summed E-state index contributed by atoms with van der Waals surface area (Å²) in [6, 6.07) is 5.25. The molecule has 0 saturated heterocycles. The highest BCUT2D eigenvalue weighted by Crippen LogP contribution is 2.19. The third-order valence-electron chi connectivity index (χ3n) is 2.76. The maximum absolute atomic E-state index is 11.9. The van der Waals surface area contributed by atoms with Crippen molar-refractivity contribution in [1.82, 2.24) is 9.55 Å². The lowest BCUT2D eigenvalue weighted by atomic mass is 10.2. The first-order valence-corrected chi connectivity index (χ1v) is 5.96. The minimum Gasteiger partial charge on any atom is -0.462 e. The number of hydrogen-bond donors (Lipinski definition) is 1. The number of esters is 1. The predicted octanol–water partition coefficient (Wildman–Crippen LogP) is 2.09. The van der Waals surface area contributed by atoms with Gasteiger partial charge in [-0.3, -0.25) is 4.57 Å². The lowest BCUT2D eigenvalue weighted by molar-refractivity contribution is 0.0528. The zero-order chi connectivity index (χ0) is 13.3. The summed E-state index contributed by atoms with van der Waals surface area (Å²) in [4.78, 5) is 26.4. The summed E-state index contributed by atoms with van der Waals surface area (Å²) >= 11 is 0. The second-order valence-corrected chi connectivity index (χ2v) is 4.31. The molecule has 0 radical (unpaired) electrons. The topological polar surface area (TPSA) is 64.1 Å². The van der Waals surface area contributed by atoms with E-state index in [1.807, 2.05) is 19.9 Å². The van der Waals surface area contributed by atoms with E-state index in [9.17, 15) is 9.59 Å². The molecule has 2 aromatic rings. The molecule has 1 heterocycles. The maximum Gasteiger partial charge on any atom is 0.340 e. The fourth-order valence-electron chi connectivity index (χ4n) is 2.04. The van der Waals surface area contributed by atoms with Crippen molar-refractivity contribution in [3.8, 4) is 0 Å². The highest BCUT2D eigenvalue weighted by molar-refractivity contribution is 6.01. The third kappa shape index (κ3) is 1.92. The number of hydrogen-bond acceptors (Lipinski definition) is 3. The number of aromatic nitrogens is 2. The molecule has 1 N–H and O–H groups in total. The van der Waals surface area contributed by atoms with E-state index in [2.05, 4.69) is 4.98 Å². The van der Waals surface area contributed by atoms with E-state index in [0.717, 1.165) is 5.52 Å². The Morgan fingerprint density at radius 1 is 1.44 bits per heavy atom. The van der Waals surface area contributed by atoms with Gasteiger partial charge in [0, 0.05) is 6.04 Å².